The van der Waals surface area contributed by atoms with Gasteiger partial charge in [0.15, 0.2) is 0 Å². The third-order valence-electron chi connectivity index (χ3n) is 5.41. The standard InChI is InChI=1S/C23H19N7O/c24-11-15-1-4-21-20(7-15)23(27-13-26-21)29-19-8-16-2-3-18(9-17(16)10-19)28-22(31)12-30-6-5-25-14-30/h1-7,9,13-14,19H,8,10,12H2,(H,28,31)(H,26,27,29). The molecule has 31 heavy (non-hydrogen) atoms. The normalized spacial score (nSPS) is 14.7. The summed E-state index contributed by atoms with van der Waals surface area (Å²) < 4.78 is 1.73. The summed E-state index contributed by atoms with van der Waals surface area (Å²) in [5.74, 6) is 0.639. The van der Waals surface area contributed by atoms with E-state index in [4.69, 9.17) is 0 Å². The van der Waals surface area contributed by atoms with Crippen molar-refractivity contribution in [3.63, 3.8) is 0 Å². The third-order valence-corrected chi connectivity index (χ3v) is 5.41. The van der Waals surface area contributed by atoms with Gasteiger partial charge in [-0.05, 0) is 54.3 Å². The average Bonchev–Trinajstić information content (AvgIpc) is 3.42. The van der Waals surface area contributed by atoms with Gasteiger partial charge in [-0.1, -0.05) is 6.07 Å². The fraction of sp³-hybridized carbons (Fsp3) is 0.174. The number of benzene rings is 2. The van der Waals surface area contributed by atoms with Crippen molar-refractivity contribution < 1.29 is 4.79 Å². The van der Waals surface area contributed by atoms with Gasteiger partial charge >= 0.3 is 0 Å². The van der Waals surface area contributed by atoms with Crippen molar-refractivity contribution >= 4 is 28.3 Å². The highest BCUT2D eigenvalue weighted by atomic mass is 16.1. The van der Waals surface area contributed by atoms with E-state index in [1.165, 1.54) is 17.5 Å². The lowest BCUT2D eigenvalue weighted by Gasteiger charge is -2.14. The molecule has 8 heteroatoms. The molecule has 152 valence electrons. The Morgan fingerprint density at radius 1 is 1.16 bits per heavy atom. The molecular formula is C23H19N7O. The van der Waals surface area contributed by atoms with E-state index in [1.807, 2.05) is 24.3 Å². The van der Waals surface area contributed by atoms with Crippen molar-refractivity contribution in [3.05, 3.63) is 78.1 Å². The molecule has 0 spiro atoms. The van der Waals surface area contributed by atoms with Gasteiger partial charge < -0.3 is 15.2 Å². The Labute approximate surface area is 178 Å². The number of aromatic nitrogens is 4. The maximum Gasteiger partial charge on any atom is 0.244 e. The number of imidazole rings is 1. The number of amides is 1. The molecule has 1 aliphatic carbocycles. The van der Waals surface area contributed by atoms with Crippen LogP contribution in [0.2, 0.25) is 0 Å². The van der Waals surface area contributed by atoms with E-state index in [1.54, 1.807) is 29.4 Å². The van der Waals surface area contributed by atoms with Crippen LogP contribution in [0.3, 0.4) is 0 Å². The van der Waals surface area contributed by atoms with Crippen LogP contribution in [0.4, 0.5) is 11.5 Å². The van der Waals surface area contributed by atoms with Gasteiger partial charge in [-0.15, -0.1) is 0 Å². The molecule has 2 aromatic carbocycles. The molecule has 0 saturated heterocycles. The van der Waals surface area contributed by atoms with Crippen molar-refractivity contribution in [1.29, 1.82) is 5.26 Å². The average molecular weight is 409 g/mol. The van der Waals surface area contributed by atoms with Crippen molar-refractivity contribution in [2.45, 2.75) is 25.4 Å². The number of nitrogens with one attached hydrogen (secondary N) is 2. The predicted octanol–water partition coefficient (Wildman–Crippen LogP) is 2.92. The Kier molecular flexibility index (Phi) is 4.77. The summed E-state index contributed by atoms with van der Waals surface area (Å²) in [5.41, 5.74) is 4.62. The van der Waals surface area contributed by atoms with Gasteiger partial charge in [0.25, 0.3) is 0 Å². The van der Waals surface area contributed by atoms with E-state index < -0.39 is 0 Å². The van der Waals surface area contributed by atoms with Crippen molar-refractivity contribution in [2.24, 2.45) is 0 Å². The number of nitriles is 1. The Bertz CT molecular complexity index is 1310. The van der Waals surface area contributed by atoms with Gasteiger partial charge in [-0.25, -0.2) is 15.0 Å². The largest absolute Gasteiger partial charge is 0.366 e. The molecule has 0 aliphatic heterocycles. The Balaban J connectivity index is 1.29. The monoisotopic (exact) mass is 409 g/mol. The van der Waals surface area contributed by atoms with E-state index in [0.29, 0.717) is 5.56 Å². The lowest BCUT2D eigenvalue weighted by atomic mass is 10.1. The molecule has 5 rings (SSSR count). The number of anilines is 2. The first kappa shape index (κ1) is 18.8. The molecule has 1 atom stereocenters. The molecule has 0 fully saturated rings. The third kappa shape index (κ3) is 3.94. The number of nitrogens with zero attached hydrogens (tertiary/aromatic N) is 5. The van der Waals surface area contributed by atoms with Crippen LogP contribution in [0.1, 0.15) is 16.7 Å². The summed E-state index contributed by atoms with van der Waals surface area (Å²) in [5, 5.41) is 16.5. The lowest BCUT2D eigenvalue weighted by Crippen LogP contribution is -2.20. The van der Waals surface area contributed by atoms with E-state index in [2.05, 4.69) is 37.7 Å². The highest BCUT2D eigenvalue weighted by molar-refractivity contribution is 5.91. The summed E-state index contributed by atoms with van der Waals surface area (Å²) in [6, 6.07) is 13.8. The summed E-state index contributed by atoms with van der Waals surface area (Å²) in [6.45, 7) is 0.229. The summed E-state index contributed by atoms with van der Waals surface area (Å²) in [4.78, 5) is 24.9. The van der Waals surface area contributed by atoms with Crippen molar-refractivity contribution in [3.8, 4) is 6.07 Å². The van der Waals surface area contributed by atoms with Crippen LogP contribution in [-0.4, -0.2) is 31.5 Å². The molecule has 0 radical (unpaired) electrons. The van der Waals surface area contributed by atoms with Crippen LogP contribution in [0.25, 0.3) is 10.9 Å². The van der Waals surface area contributed by atoms with Gasteiger partial charge in [0.1, 0.15) is 18.7 Å². The summed E-state index contributed by atoms with van der Waals surface area (Å²) >= 11 is 0. The molecule has 1 unspecified atom stereocenters. The van der Waals surface area contributed by atoms with E-state index in [0.717, 1.165) is 35.2 Å². The van der Waals surface area contributed by atoms with Crippen LogP contribution in [0.15, 0.2) is 61.4 Å². The number of hydrogen-bond donors (Lipinski definition) is 2. The minimum atomic E-state index is -0.0913. The SMILES string of the molecule is N#Cc1ccc2ncnc(NC3Cc4ccc(NC(=O)Cn5ccnc5)cc4C3)c2c1. The molecule has 4 aromatic rings. The Morgan fingerprint density at radius 2 is 2.06 bits per heavy atom. The molecule has 1 aliphatic rings. The summed E-state index contributed by atoms with van der Waals surface area (Å²) in [7, 11) is 0. The Morgan fingerprint density at radius 3 is 2.90 bits per heavy atom. The van der Waals surface area contributed by atoms with E-state index in [-0.39, 0.29) is 18.5 Å². The number of fused-ring (bicyclic) bond motifs is 2. The Hall–Kier alpha value is -4.25. The van der Waals surface area contributed by atoms with Gasteiger partial charge in [-0.3, -0.25) is 4.79 Å². The first-order chi connectivity index (χ1) is 15.2. The molecule has 1 amide bonds. The molecule has 8 nitrogen and oxygen atoms in total. The van der Waals surface area contributed by atoms with Gasteiger partial charge in [0.05, 0.1) is 23.5 Å². The molecule has 0 saturated carbocycles. The smallest absolute Gasteiger partial charge is 0.244 e. The molecular weight excluding hydrogens is 390 g/mol. The number of hydrogen-bond acceptors (Lipinski definition) is 6. The first-order valence-corrected chi connectivity index (χ1v) is 9.97. The lowest BCUT2D eigenvalue weighted by molar-refractivity contribution is -0.116. The minimum Gasteiger partial charge on any atom is -0.366 e. The van der Waals surface area contributed by atoms with Crippen molar-refractivity contribution in [2.75, 3.05) is 10.6 Å². The van der Waals surface area contributed by atoms with E-state index in [9.17, 15) is 10.1 Å². The fourth-order valence-corrected chi connectivity index (χ4v) is 3.98. The van der Waals surface area contributed by atoms with Crippen LogP contribution in [0.5, 0.6) is 0 Å². The highest BCUT2D eigenvalue weighted by Gasteiger charge is 2.23. The zero-order chi connectivity index (χ0) is 21.2. The van der Waals surface area contributed by atoms with Crippen LogP contribution >= 0.6 is 0 Å². The maximum atomic E-state index is 12.3. The second-order valence-corrected chi connectivity index (χ2v) is 7.58. The molecule has 2 aromatic heterocycles. The van der Waals surface area contributed by atoms with Crippen LogP contribution in [-0.2, 0) is 24.2 Å². The van der Waals surface area contributed by atoms with Crippen molar-refractivity contribution in [1.82, 2.24) is 19.5 Å². The van der Waals surface area contributed by atoms with Gasteiger partial charge in [0.2, 0.25) is 5.91 Å². The number of rotatable bonds is 5. The molecule has 0 bridgehead atoms. The predicted molar refractivity (Wildman–Crippen MR) is 116 cm³/mol. The molecule has 2 heterocycles. The molecule has 2 N–H and O–H groups in total. The van der Waals surface area contributed by atoms with E-state index >= 15 is 0 Å². The topological polar surface area (TPSA) is 109 Å². The summed E-state index contributed by atoms with van der Waals surface area (Å²) in [6.07, 6.45) is 8.25. The van der Waals surface area contributed by atoms with Crippen LogP contribution in [0, 0.1) is 11.3 Å². The fourth-order valence-electron chi connectivity index (χ4n) is 3.98. The second-order valence-electron chi connectivity index (χ2n) is 7.58. The van der Waals surface area contributed by atoms with Gasteiger partial charge in [-0.2, -0.15) is 5.26 Å². The van der Waals surface area contributed by atoms with Crippen LogP contribution < -0.4 is 10.6 Å². The quantitative estimate of drug-likeness (QED) is 0.525. The first-order valence-electron chi connectivity index (χ1n) is 9.97. The van der Waals surface area contributed by atoms with Gasteiger partial charge in [0, 0.05) is 29.5 Å². The number of carbonyl (C=O) groups excluding carboxylic acids is 1. The zero-order valence-electron chi connectivity index (χ0n) is 16.6. The highest BCUT2D eigenvalue weighted by Crippen LogP contribution is 2.29. The number of carbonyl (C=O) groups is 1. The maximum absolute atomic E-state index is 12.3. The zero-order valence-corrected chi connectivity index (χ0v) is 16.6. The second kappa shape index (κ2) is 7.88. The minimum absolute atomic E-state index is 0.0913.